The van der Waals surface area contributed by atoms with Gasteiger partial charge in [-0.15, -0.1) is 0 Å². The van der Waals surface area contributed by atoms with E-state index in [1.165, 1.54) is 6.07 Å². The van der Waals surface area contributed by atoms with Crippen molar-refractivity contribution < 1.29 is 19.8 Å². The Bertz CT molecular complexity index is 508. The topological polar surface area (TPSA) is 77.8 Å². The third-order valence-electron chi connectivity index (χ3n) is 3.20. The smallest absolute Gasteiger partial charge is 0.305 e. The van der Waals surface area contributed by atoms with Crippen molar-refractivity contribution in [2.45, 2.75) is 32.2 Å². The molecule has 19 heavy (non-hydrogen) atoms. The second kappa shape index (κ2) is 5.30. The van der Waals surface area contributed by atoms with Crippen LogP contribution in [0.3, 0.4) is 0 Å². The van der Waals surface area contributed by atoms with Gasteiger partial charge in [-0.1, -0.05) is 6.07 Å². The molecule has 2 N–H and O–H groups in total. The van der Waals surface area contributed by atoms with Crippen LogP contribution in [0, 0.1) is 6.92 Å². The molecule has 2 rings (SSSR count). The van der Waals surface area contributed by atoms with Crippen LogP contribution in [-0.2, 0) is 4.79 Å². The molecule has 0 spiro atoms. The summed E-state index contributed by atoms with van der Waals surface area (Å²) in [4.78, 5) is 24.5. The lowest BCUT2D eigenvalue weighted by Crippen LogP contribution is -2.35. The summed E-state index contributed by atoms with van der Waals surface area (Å²) < 4.78 is 0. The number of benzene rings is 1. The molecular formula is C14H17NO4. The van der Waals surface area contributed by atoms with Crippen molar-refractivity contribution in [3.8, 4) is 5.75 Å². The molecule has 0 atom stereocenters. The van der Waals surface area contributed by atoms with E-state index < -0.39 is 5.97 Å². The van der Waals surface area contributed by atoms with Gasteiger partial charge in [0.15, 0.2) is 0 Å². The first-order chi connectivity index (χ1) is 8.99. The number of rotatable bonds is 5. The van der Waals surface area contributed by atoms with Gasteiger partial charge < -0.3 is 15.1 Å². The Labute approximate surface area is 111 Å². The lowest BCUT2D eigenvalue weighted by atomic mass is 10.1. The van der Waals surface area contributed by atoms with E-state index in [-0.39, 0.29) is 36.2 Å². The van der Waals surface area contributed by atoms with E-state index in [1.807, 2.05) is 6.92 Å². The maximum atomic E-state index is 12.3. The number of phenolic OH excluding ortho intramolecular Hbond substituents is 1. The molecule has 1 fully saturated rings. The summed E-state index contributed by atoms with van der Waals surface area (Å²) in [6.45, 7) is 2.02. The summed E-state index contributed by atoms with van der Waals surface area (Å²) in [5, 5.41) is 18.5. The van der Waals surface area contributed by atoms with Crippen molar-refractivity contribution in [2.24, 2.45) is 0 Å². The molecule has 0 unspecified atom stereocenters. The molecule has 0 heterocycles. The highest BCUT2D eigenvalue weighted by atomic mass is 16.4. The predicted molar refractivity (Wildman–Crippen MR) is 69.2 cm³/mol. The normalized spacial score (nSPS) is 14.2. The number of hydrogen-bond donors (Lipinski definition) is 2. The minimum Gasteiger partial charge on any atom is -0.507 e. The standard InChI is InChI=1S/C14H17NO4/c1-9-2-5-11(12(16)8-9)14(19)15(10-3-4-10)7-6-13(17)18/h2,5,8,10,16H,3-4,6-7H2,1H3,(H,17,18). The van der Waals surface area contributed by atoms with Gasteiger partial charge in [0.25, 0.3) is 5.91 Å². The SMILES string of the molecule is Cc1ccc(C(=O)N(CCC(=O)O)C2CC2)c(O)c1. The lowest BCUT2D eigenvalue weighted by Gasteiger charge is -2.22. The second-order valence-electron chi connectivity index (χ2n) is 4.89. The lowest BCUT2D eigenvalue weighted by molar-refractivity contribution is -0.137. The van der Waals surface area contributed by atoms with Crippen LogP contribution < -0.4 is 0 Å². The summed E-state index contributed by atoms with van der Waals surface area (Å²) in [5.41, 5.74) is 1.11. The van der Waals surface area contributed by atoms with E-state index in [0.717, 1.165) is 18.4 Å². The highest BCUT2D eigenvalue weighted by Gasteiger charge is 2.33. The van der Waals surface area contributed by atoms with Gasteiger partial charge in [-0.3, -0.25) is 9.59 Å². The fourth-order valence-corrected chi connectivity index (χ4v) is 2.03. The van der Waals surface area contributed by atoms with Crippen molar-refractivity contribution in [3.63, 3.8) is 0 Å². The third kappa shape index (κ3) is 3.24. The Morgan fingerprint density at radius 1 is 1.37 bits per heavy atom. The highest BCUT2D eigenvalue weighted by molar-refractivity contribution is 5.97. The van der Waals surface area contributed by atoms with Gasteiger partial charge in [0, 0.05) is 12.6 Å². The van der Waals surface area contributed by atoms with Crippen molar-refractivity contribution in [1.82, 2.24) is 4.90 Å². The number of carboxylic acids is 1. The molecule has 1 saturated carbocycles. The fourth-order valence-electron chi connectivity index (χ4n) is 2.03. The Kier molecular flexibility index (Phi) is 3.74. The van der Waals surface area contributed by atoms with Crippen molar-refractivity contribution in [2.75, 3.05) is 6.54 Å². The summed E-state index contributed by atoms with van der Waals surface area (Å²) in [7, 11) is 0. The fraction of sp³-hybridized carbons (Fsp3) is 0.429. The van der Waals surface area contributed by atoms with Gasteiger partial charge in [-0.25, -0.2) is 0 Å². The van der Waals surface area contributed by atoms with E-state index in [1.54, 1.807) is 17.0 Å². The number of aromatic hydroxyl groups is 1. The van der Waals surface area contributed by atoms with Gasteiger partial charge in [-0.2, -0.15) is 0 Å². The third-order valence-corrected chi connectivity index (χ3v) is 3.20. The Balaban J connectivity index is 2.16. The van der Waals surface area contributed by atoms with Gasteiger partial charge >= 0.3 is 5.97 Å². The molecule has 1 amide bonds. The first-order valence-electron chi connectivity index (χ1n) is 6.31. The molecule has 0 aliphatic heterocycles. The molecule has 0 aromatic heterocycles. The van der Waals surface area contributed by atoms with Crippen LogP contribution in [0.25, 0.3) is 0 Å². The number of phenols is 1. The summed E-state index contributed by atoms with van der Waals surface area (Å²) in [6.07, 6.45) is 1.73. The van der Waals surface area contributed by atoms with E-state index >= 15 is 0 Å². The van der Waals surface area contributed by atoms with Crippen LogP contribution in [0.5, 0.6) is 5.75 Å². The van der Waals surface area contributed by atoms with Crippen LogP contribution in [0.4, 0.5) is 0 Å². The Morgan fingerprint density at radius 3 is 2.58 bits per heavy atom. The number of nitrogens with zero attached hydrogens (tertiary/aromatic N) is 1. The second-order valence-corrected chi connectivity index (χ2v) is 4.89. The molecule has 0 bridgehead atoms. The maximum absolute atomic E-state index is 12.3. The average molecular weight is 263 g/mol. The van der Waals surface area contributed by atoms with Crippen LogP contribution in [0.15, 0.2) is 18.2 Å². The van der Waals surface area contributed by atoms with Gasteiger partial charge in [0.1, 0.15) is 5.75 Å². The molecule has 5 nitrogen and oxygen atoms in total. The van der Waals surface area contributed by atoms with E-state index in [0.29, 0.717) is 0 Å². The van der Waals surface area contributed by atoms with Crippen molar-refractivity contribution >= 4 is 11.9 Å². The number of aryl methyl sites for hydroxylation is 1. The zero-order valence-corrected chi connectivity index (χ0v) is 10.8. The van der Waals surface area contributed by atoms with Gasteiger partial charge in [-0.05, 0) is 37.5 Å². The number of carbonyl (C=O) groups excluding carboxylic acids is 1. The molecule has 1 aliphatic rings. The monoisotopic (exact) mass is 263 g/mol. The molecule has 5 heteroatoms. The minimum absolute atomic E-state index is 0.0500. The number of aliphatic carboxylic acids is 1. The number of carboxylic acid groups (broad SMARTS) is 1. The minimum atomic E-state index is -0.924. The maximum Gasteiger partial charge on any atom is 0.305 e. The molecule has 1 aliphatic carbocycles. The highest BCUT2D eigenvalue weighted by Crippen LogP contribution is 2.30. The number of hydrogen-bond acceptors (Lipinski definition) is 3. The van der Waals surface area contributed by atoms with E-state index in [9.17, 15) is 14.7 Å². The first-order valence-corrected chi connectivity index (χ1v) is 6.31. The summed E-state index contributed by atoms with van der Waals surface area (Å²) in [6, 6.07) is 5.00. The van der Waals surface area contributed by atoms with Gasteiger partial charge in [0.05, 0.1) is 12.0 Å². The molecular weight excluding hydrogens is 246 g/mol. The number of amides is 1. The van der Waals surface area contributed by atoms with Gasteiger partial charge in [0.2, 0.25) is 0 Å². The molecule has 102 valence electrons. The van der Waals surface area contributed by atoms with Crippen LogP contribution in [0.2, 0.25) is 0 Å². The summed E-state index contributed by atoms with van der Waals surface area (Å²) in [5.74, 6) is -1.26. The predicted octanol–water partition coefficient (Wildman–Crippen LogP) is 1.78. The zero-order valence-electron chi connectivity index (χ0n) is 10.8. The first kappa shape index (κ1) is 13.4. The van der Waals surface area contributed by atoms with Crippen LogP contribution >= 0.6 is 0 Å². The van der Waals surface area contributed by atoms with Crippen molar-refractivity contribution in [3.05, 3.63) is 29.3 Å². The summed E-state index contributed by atoms with van der Waals surface area (Å²) >= 11 is 0. The largest absolute Gasteiger partial charge is 0.507 e. The molecule has 1 aromatic rings. The van der Waals surface area contributed by atoms with E-state index in [2.05, 4.69) is 0 Å². The Morgan fingerprint density at radius 2 is 2.05 bits per heavy atom. The molecule has 0 radical (unpaired) electrons. The van der Waals surface area contributed by atoms with Crippen molar-refractivity contribution in [1.29, 1.82) is 0 Å². The van der Waals surface area contributed by atoms with E-state index in [4.69, 9.17) is 5.11 Å². The number of carbonyl (C=O) groups is 2. The quantitative estimate of drug-likeness (QED) is 0.848. The van der Waals surface area contributed by atoms with Crippen LogP contribution in [-0.4, -0.2) is 39.6 Å². The zero-order chi connectivity index (χ0) is 14.0. The Hall–Kier alpha value is -2.04. The average Bonchev–Trinajstić information content (AvgIpc) is 3.13. The van der Waals surface area contributed by atoms with Crippen LogP contribution in [0.1, 0.15) is 35.2 Å². The molecule has 0 saturated heterocycles. The molecule has 1 aromatic carbocycles.